The highest BCUT2D eigenvalue weighted by Crippen LogP contribution is 2.17. The molecule has 0 heterocycles. The van der Waals surface area contributed by atoms with Gasteiger partial charge in [0.05, 0.1) is 0 Å². The van der Waals surface area contributed by atoms with Crippen LogP contribution in [0, 0.1) is 0 Å². The van der Waals surface area contributed by atoms with Crippen LogP contribution < -0.4 is 0 Å². The zero-order chi connectivity index (χ0) is 14.8. The first kappa shape index (κ1) is 16.1. The number of benzene rings is 2. The van der Waals surface area contributed by atoms with Gasteiger partial charge in [-0.05, 0) is 17.5 Å². The minimum atomic E-state index is -0.859. The average molecular weight is 288 g/mol. The predicted molar refractivity (Wildman–Crippen MR) is 84.6 cm³/mol. The van der Waals surface area contributed by atoms with Crippen LogP contribution in [0.1, 0.15) is 13.3 Å². The molecule has 0 aliphatic heterocycles. The lowest BCUT2D eigenvalue weighted by Crippen LogP contribution is -2.21. The van der Waals surface area contributed by atoms with E-state index in [9.17, 15) is 4.79 Å². The maximum Gasteiger partial charge on any atom is 0.331 e. The summed E-state index contributed by atoms with van der Waals surface area (Å²) >= 11 is 0. The number of rotatable bonds is 4. The molecule has 0 fully saturated rings. The van der Waals surface area contributed by atoms with Gasteiger partial charge in [-0.15, -0.1) is 0 Å². The van der Waals surface area contributed by atoms with Crippen molar-refractivity contribution in [1.29, 1.82) is 0 Å². The maximum absolute atomic E-state index is 10.1. The molecule has 4 heteroatoms. The van der Waals surface area contributed by atoms with Gasteiger partial charge in [-0.1, -0.05) is 67.6 Å². The summed E-state index contributed by atoms with van der Waals surface area (Å²) in [4.78, 5) is 10.1. The lowest BCUT2D eigenvalue weighted by atomic mass is 10.1. The van der Waals surface area contributed by atoms with Crippen molar-refractivity contribution in [3.8, 4) is 11.1 Å². The van der Waals surface area contributed by atoms with Gasteiger partial charge in [0.25, 0.3) is 0 Å². The SMILES string of the molecule is CCC(O[SiH3])C(=O)O.c1ccc(-c2ccccc2)cc1. The predicted octanol–water partition coefficient (Wildman–Crippen LogP) is 2.50. The molecule has 2 aromatic rings. The second kappa shape index (κ2) is 9.06. The maximum atomic E-state index is 10.1. The summed E-state index contributed by atoms with van der Waals surface area (Å²) in [6.07, 6.45) is -0.0135. The Bertz CT molecular complexity index is 458. The summed E-state index contributed by atoms with van der Waals surface area (Å²) in [7, 11) is 0.499. The first-order chi connectivity index (χ1) is 9.69. The molecule has 0 aliphatic carbocycles. The van der Waals surface area contributed by atoms with Crippen LogP contribution in [0.25, 0.3) is 11.1 Å². The fraction of sp³-hybridized carbons (Fsp3) is 0.188. The van der Waals surface area contributed by atoms with Crippen LogP contribution in [0.4, 0.5) is 0 Å². The Labute approximate surface area is 122 Å². The number of carbonyl (C=O) groups is 1. The normalized spacial score (nSPS) is 11.2. The number of carboxylic acids is 1. The Kier molecular flexibility index (Phi) is 7.32. The van der Waals surface area contributed by atoms with E-state index in [4.69, 9.17) is 9.53 Å². The van der Waals surface area contributed by atoms with Gasteiger partial charge in [-0.3, -0.25) is 0 Å². The van der Waals surface area contributed by atoms with Crippen molar-refractivity contribution in [2.24, 2.45) is 0 Å². The average Bonchev–Trinajstić information content (AvgIpc) is 2.51. The van der Waals surface area contributed by atoms with Crippen molar-refractivity contribution in [2.45, 2.75) is 19.4 Å². The second-order valence-corrected chi connectivity index (χ2v) is 4.67. The minimum Gasteiger partial charge on any atom is -0.479 e. The first-order valence-electron chi connectivity index (χ1n) is 6.55. The summed E-state index contributed by atoms with van der Waals surface area (Å²) in [6, 6.07) is 20.8. The summed E-state index contributed by atoms with van der Waals surface area (Å²) in [5.74, 6) is -0.859. The van der Waals surface area contributed by atoms with E-state index in [0.29, 0.717) is 16.9 Å². The first-order valence-corrected chi connectivity index (χ1v) is 7.36. The Balaban J connectivity index is 0.000000221. The minimum absolute atomic E-state index is 0.499. The molecule has 3 nitrogen and oxygen atoms in total. The van der Waals surface area contributed by atoms with Crippen LogP contribution in [0.5, 0.6) is 0 Å². The van der Waals surface area contributed by atoms with Crippen LogP contribution in [0.2, 0.25) is 0 Å². The van der Waals surface area contributed by atoms with Gasteiger partial charge < -0.3 is 9.53 Å². The highest BCUT2D eigenvalue weighted by Gasteiger charge is 2.10. The second-order valence-electron chi connectivity index (χ2n) is 4.20. The molecular formula is C16H20O3Si. The molecule has 0 spiro atoms. The molecule has 2 aromatic carbocycles. The van der Waals surface area contributed by atoms with Gasteiger partial charge in [-0.25, -0.2) is 4.79 Å². The fourth-order valence-electron chi connectivity index (χ4n) is 1.70. The van der Waals surface area contributed by atoms with Gasteiger partial charge >= 0.3 is 5.97 Å². The third-order valence-corrected chi connectivity index (χ3v) is 3.38. The van der Waals surface area contributed by atoms with Crippen LogP contribution >= 0.6 is 0 Å². The van der Waals surface area contributed by atoms with E-state index in [0.717, 1.165) is 0 Å². The molecule has 0 aliphatic rings. The topological polar surface area (TPSA) is 46.5 Å². The lowest BCUT2D eigenvalue weighted by molar-refractivity contribution is -0.145. The van der Waals surface area contributed by atoms with Crippen molar-refractivity contribution in [1.82, 2.24) is 0 Å². The number of aliphatic carboxylic acids is 1. The molecule has 0 bridgehead atoms. The molecular weight excluding hydrogens is 268 g/mol. The van der Waals surface area contributed by atoms with E-state index >= 15 is 0 Å². The van der Waals surface area contributed by atoms with Crippen molar-refractivity contribution < 1.29 is 14.3 Å². The third-order valence-electron chi connectivity index (χ3n) is 2.81. The highest BCUT2D eigenvalue weighted by atomic mass is 28.2. The molecule has 0 aromatic heterocycles. The molecule has 0 radical (unpaired) electrons. The van der Waals surface area contributed by atoms with Crippen LogP contribution in [-0.4, -0.2) is 27.7 Å². The van der Waals surface area contributed by atoms with Gasteiger partial charge in [-0.2, -0.15) is 0 Å². The third kappa shape index (κ3) is 5.38. The summed E-state index contributed by atoms with van der Waals surface area (Å²) in [5.41, 5.74) is 2.55. The van der Waals surface area contributed by atoms with Crippen LogP contribution in [0.3, 0.4) is 0 Å². The Morgan fingerprint density at radius 3 is 1.65 bits per heavy atom. The van der Waals surface area contributed by atoms with E-state index < -0.39 is 12.1 Å². The largest absolute Gasteiger partial charge is 0.479 e. The monoisotopic (exact) mass is 288 g/mol. The molecule has 1 atom stereocenters. The number of carboxylic acid groups (broad SMARTS) is 1. The molecule has 106 valence electrons. The van der Waals surface area contributed by atoms with Crippen molar-refractivity contribution in [2.75, 3.05) is 0 Å². The van der Waals surface area contributed by atoms with Crippen LogP contribution in [-0.2, 0) is 9.22 Å². The standard InChI is InChI=1S/C12H10.C4H10O3Si/c1-3-7-11(8-4-1)12-9-5-2-6-10-12;1-2-3(7-8)4(5)6/h1-10H;3H,2H2,1,8H3,(H,5,6). The fourth-order valence-corrected chi connectivity index (χ4v) is 2.24. The molecule has 0 saturated heterocycles. The van der Waals surface area contributed by atoms with E-state index in [2.05, 4.69) is 48.5 Å². The summed E-state index contributed by atoms with van der Waals surface area (Å²) in [6.45, 7) is 1.79. The van der Waals surface area contributed by atoms with Gasteiger partial charge in [0.2, 0.25) is 0 Å². The smallest absolute Gasteiger partial charge is 0.331 e. The number of hydrogen-bond donors (Lipinski definition) is 1. The quantitative estimate of drug-likeness (QED) is 0.879. The van der Waals surface area contributed by atoms with Gasteiger partial charge in [0.1, 0.15) is 16.6 Å². The van der Waals surface area contributed by atoms with Crippen LogP contribution in [0.15, 0.2) is 60.7 Å². The molecule has 20 heavy (non-hydrogen) atoms. The van der Waals surface area contributed by atoms with Crippen molar-refractivity contribution in [3.05, 3.63) is 60.7 Å². The molecule has 0 amide bonds. The lowest BCUT2D eigenvalue weighted by Gasteiger charge is -2.05. The molecule has 1 unspecified atom stereocenters. The summed E-state index contributed by atoms with van der Waals surface area (Å²) in [5, 5.41) is 8.27. The van der Waals surface area contributed by atoms with Crippen molar-refractivity contribution in [3.63, 3.8) is 0 Å². The van der Waals surface area contributed by atoms with Gasteiger partial charge in [0.15, 0.2) is 0 Å². The van der Waals surface area contributed by atoms with E-state index in [1.807, 2.05) is 12.1 Å². The highest BCUT2D eigenvalue weighted by molar-refractivity contribution is 5.99. The Morgan fingerprint density at radius 2 is 1.45 bits per heavy atom. The Hall–Kier alpha value is -1.91. The molecule has 0 saturated carbocycles. The van der Waals surface area contributed by atoms with E-state index in [1.165, 1.54) is 11.1 Å². The van der Waals surface area contributed by atoms with E-state index in [1.54, 1.807) is 6.92 Å². The van der Waals surface area contributed by atoms with Gasteiger partial charge in [0, 0.05) is 0 Å². The van der Waals surface area contributed by atoms with E-state index in [-0.39, 0.29) is 0 Å². The zero-order valence-electron chi connectivity index (χ0n) is 11.8. The Morgan fingerprint density at radius 1 is 1.05 bits per heavy atom. The van der Waals surface area contributed by atoms with Crippen molar-refractivity contribution >= 4 is 16.5 Å². The molecule has 2 rings (SSSR count). The zero-order valence-corrected chi connectivity index (χ0v) is 13.8. The molecule has 1 N–H and O–H groups in total. The summed E-state index contributed by atoms with van der Waals surface area (Å²) < 4.78 is 4.70. The number of hydrogen-bond acceptors (Lipinski definition) is 2.